The van der Waals surface area contributed by atoms with Crippen molar-refractivity contribution in [3.05, 3.63) is 24.3 Å². The number of rotatable bonds is 7. The molecule has 5 nitrogen and oxygen atoms in total. The molecule has 1 atom stereocenters. The van der Waals surface area contributed by atoms with Crippen LogP contribution in [0.25, 0.3) is 0 Å². The number of nitrogens with one attached hydrogen (secondary N) is 2. The smallest absolute Gasteiger partial charge is 0.240 e. The van der Waals surface area contributed by atoms with E-state index in [-0.39, 0.29) is 10.3 Å². The molecule has 0 saturated carbocycles. The second-order valence-corrected chi connectivity index (χ2v) is 8.86. The lowest BCUT2D eigenvalue weighted by Gasteiger charge is -2.34. The molecule has 0 spiro atoms. The molecule has 1 unspecified atom stereocenters. The molecule has 23 heavy (non-hydrogen) atoms. The van der Waals surface area contributed by atoms with Crippen molar-refractivity contribution < 1.29 is 13.2 Å². The summed E-state index contributed by atoms with van der Waals surface area (Å²) in [6, 6.07) is 6.61. The zero-order chi connectivity index (χ0) is 16.9. The van der Waals surface area contributed by atoms with Gasteiger partial charge in [0.25, 0.3) is 0 Å². The normalized spacial score (nSPS) is 22.3. The van der Waals surface area contributed by atoms with E-state index in [4.69, 9.17) is 4.74 Å². The van der Waals surface area contributed by atoms with Gasteiger partial charge in [-0.15, -0.1) is 0 Å². The van der Waals surface area contributed by atoms with E-state index in [9.17, 15) is 8.42 Å². The summed E-state index contributed by atoms with van der Waals surface area (Å²) >= 11 is 0. The summed E-state index contributed by atoms with van der Waals surface area (Å²) in [6.45, 7) is 9.19. The lowest BCUT2D eigenvalue weighted by atomic mass is 9.83. The third-order valence-electron chi connectivity index (χ3n) is 4.09. The largest absolute Gasteiger partial charge is 0.493 e. The van der Waals surface area contributed by atoms with Crippen LogP contribution in [0.15, 0.2) is 29.2 Å². The molecule has 0 radical (unpaired) electrons. The average molecular weight is 340 g/mol. The van der Waals surface area contributed by atoms with Crippen LogP contribution in [0.2, 0.25) is 0 Å². The second kappa shape index (κ2) is 7.64. The van der Waals surface area contributed by atoms with Crippen molar-refractivity contribution in [2.75, 3.05) is 26.2 Å². The molecule has 130 valence electrons. The van der Waals surface area contributed by atoms with Gasteiger partial charge in [-0.2, -0.15) is 0 Å². The van der Waals surface area contributed by atoms with Crippen molar-refractivity contribution in [1.82, 2.24) is 10.0 Å². The van der Waals surface area contributed by atoms with E-state index in [0.717, 1.165) is 25.9 Å². The van der Waals surface area contributed by atoms with Gasteiger partial charge in [-0.05, 0) is 55.0 Å². The summed E-state index contributed by atoms with van der Waals surface area (Å²) in [5.41, 5.74) is -0.0222. The predicted octanol–water partition coefficient (Wildman–Crippen LogP) is 2.39. The molecule has 1 aromatic carbocycles. The minimum absolute atomic E-state index is 0.0222. The van der Waals surface area contributed by atoms with E-state index in [2.05, 4.69) is 30.8 Å². The first-order valence-corrected chi connectivity index (χ1v) is 9.72. The van der Waals surface area contributed by atoms with Crippen LogP contribution in [0.3, 0.4) is 0 Å². The van der Waals surface area contributed by atoms with Gasteiger partial charge < -0.3 is 10.1 Å². The van der Waals surface area contributed by atoms with Crippen molar-refractivity contribution in [2.45, 2.75) is 38.5 Å². The molecule has 1 aliphatic heterocycles. The van der Waals surface area contributed by atoms with Crippen LogP contribution in [0.5, 0.6) is 5.75 Å². The van der Waals surface area contributed by atoms with Crippen molar-refractivity contribution in [3.8, 4) is 5.75 Å². The minimum atomic E-state index is -3.48. The highest BCUT2D eigenvalue weighted by atomic mass is 32.2. The van der Waals surface area contributed by atoms with Crippen molar-refractivity contribution in [3.63, 3.8) is 0 Å². The highest BCUT2D eigenvalue weighted by Crippen LogP contribution is 2.25. The Bertz CT molecular complexity index is 591. The molecule has 0 amide bonds. The second-order valence-electron chi connectivity index (χ2n) is 7.09. The minimum Gasteiger partial charge on any atom is -0.493 e. The highest BCUT2D eigenvalue weighted by molar-refractivity contribution is 7.89. The van der Waals surface area contributed by atoms with E-state index in [1.165, 1.54) is 0 Å². The van der Waals surface area contributed by atoms with Gasteiger partial charge in [0.1, 0.15) is 5.75 Å². The number of piperidine rings is 1. The Labute approximate surface area is 139 Å². The van der Waals surface area contributed by atoms with Gasteiger partial charge in [-0.1, -0.05) is 20.8 Å². The zero-order valence-corrected chi connectivity index (χ0v) is 15.1. The van der Waals surface area contributed by atoms with Gasteiger partial charge in [-0.3, -0.25) is 0 Å². The number of hydrogen-bond donors (Lipinski definition) is 2. The Hall–Kier alpha value is -1.11. The fourth-order valence-electron chi connectivity index (χ4n) is 2.60. The lowest BCUT2D eigenvalue weighted by Crippen LogP contribution is -2.45. The van der Waals surface area contributed by atoms with E-state index < -0.39 is 10.0 Å². The summed E-state index contributed by atoms with van der Waals surface area (Å²) in [7, 11) is -3.48. The maximum absolute atomic E-state index is 12.4. The molecule has 1 aromatic rings. The summed E-state index contributed by atoms with van der Waals surface area (Å²) in [6.07, 6.45) is 2.12. The summed E-state index contributed by atoms with van der Waals surface area (Å²) in [5, 5.41) is 3.33. The zero-order valence-electron chi connectivity index (χ0n) is 14.3. The SMILES string of the molecule is CC(C)COc1ccc(S(=O)(=O)NCC2(C)CCCNC2)cc1. The Morgan fingerprint density at radius 3 is 2.57 bits per heavy atom. The van der Waals surface area contributed by atoms with Gasteiger partial charge in [0.15, 0.2) is 0 Å². The van der Waals surface area contributed by atoms with Crippen LogP contribution in [0.1, 0.15) is 33.6 Å². The number of benzene rings is 1. The molecule has 1 heterocycles. The summed E-state index contributed by atoms with van der Waals surface area (Å²) in [4.78, 5) is 0.279. The van der Waals surface area contributed by atoms with Gasteiger partial charge in [0.2, 0.25) is 10.0 Å². The van der Waals surface area contributed by atoms with Crippen LogP contribution >= 0.6 is 0 Å². The molecule has 1 aliphatic rings. The van der Waals surface area contributed by atoms with Crippen LogP contribution in [-0.4, -0.2) is 34.7 Å². The third-order valence-corrected chi connectivity index (χ3v) is 5.51. The summed E-state index contributed by atoms with van der Waals surface area (Å²) < 4.78 is 33.2. The lowest BCUT2D eigenvalue weighted by molar-refractivity contribution is 0.238. The molecule has 2 N–H and O–H groups in total. The standard InChI is InChI=1S/C17H28N2O3S/c1-14(2)11-22-15-5-7-16(8-6-15)23(20,21)19-13-17(3)9-4-10-18-12-17/h5-8,14,18-19H,4,9-13H2,1-3H3. The Balaban J connectivity index is 1.96. The Morgan fingerprint density at radius 2 is 2.00 bits per heavy atom. The van der Waals surface area contributed by atoms with Gasteiger partial charge in [-0.25, -0.2) is 13.1 Å². The van der Waals surface area contributed by atoms with Crippen molar-refractivity contribution in [2.24, 2.45) is 11.3 Å². The van der Waals surface area contributed by atoms with Crippen LogP contribution < -0.4 is 14.8 Å². The van der Waals surface area contributed by atoms with Crippen LogP contribution in [0.4, 0.5) is 0 Å². The van der Waals surface area contributed by atoms with E-state index in [1.54, 1.807) is 24.3 Å². The molecule has 1 saturated heterocycles. The maximum atomic E-state index is 12.4. The number of hydrogen-bond acceptors (Lipinski definition) is 4. The molecular weight excluding hydrogens is 312 g/mol. The number of ether oxygens (including phenoxy) is 1. The fraction of sp³-hybridized carbons (Fsp3) is 0.647. The molecule has 0 aliphatic carbocycles. The Morgan fingerprint density at radius 1 is 1.30 bits per heavy atom. The molecule has 1 fully saturated rings. The molecule has 6 heteroatoms. The topological polar surface area (TPSA) is 67.4 Å². The fourth-order valence-corrected chi connectivity index (χ4v) is 3.80. The predicted molar refractivity (Wildman–Crippen MR) is 92.2 cm³/mol. The van der Waals surface area contributed by atoms with Crippen LogP contribution in [-0.2, 0) is 10.0 Å². The van der Waals surface area contributed by atoms with Crippen molar-refractivity contribution in [1.29, 1.82) is 0 Å². The molecule has 0 bridgehead atoms. The third kappa shape index (κ3) is 5.48. The first-order chi connectivity index (χ1) is 10.8. The average Bonchev–Trinajstić information content (AvgIpc) is 2.52. The van der Waals surface area contributed by atoms with E-state index >= 15 is 0 Å². The molecule has 0 aromatic heterocycles. The first-order valence-electron chi connectivity index (χ1n) is 8.24. The molecular formula is C17H28N2O3S. The summed E-state index contributed by atoms with van der Waals surface area (Å²) in [5.74, 6) is 1.13. The highest BCUT2D eigenvalue weighted by Gasteiger charge is 2.28. The van der Waals surface area contributed by atoms with Crippen molar-refractivity contribution >= 4 is 10.0 Å². The van der Waals surface area contributed by atoms with Gasteiger partial charge in [0.05, 0.1) is 11.5 Å². The van der Waals surface area contributed by atoms with E-state index in [0.29, 0.717) is 24.8 Å². The van der Waals surface area contributed by atoms with Gasteiger partial charge in [0, 0.05) is 13.1 Å². The molecule has 2 rings (SSSR count). The monoisotopic (exact) mass is 340 g/mol. The first kappa shape index (κ1) is 18.2. The number of sulfonamides is 1. The quantitative estimate of drug-likeness (QED) is 0.800. The Kier molecular flexibility index (Phi) is 6.06. The van der Waals surface area contributed by atoms with E-state index in [1.807, 2.05) is 0 Å². The maximum Gasteiger partial charge on any atom is 0.240 e. The van der Waals surface area contributed by atoms with Crippen LogP contribution in [0, 0.1) is 11.3 Å². The van der Waals surface area contributed by atoms with Gasteiger partial charge >= 0.3 is 0 Å².